The summed E-state index contributed by atoms with van der Waals surface area (Å²) in [5.41, 5.74) is 2.67. The van der Waals surface area contributed by atoms with Crippen molar-refractivity contribution >= 4 is 11.6 Å². The highest BCUT2D eigenvalue weighted by Gasteiger charge is 2.07. The second-order valence-corrected chi connectivity index (χ2v) is 4.70. The second-order valence-electron chi connectivity index (χ2n) is 4.27. The zero-order valence-electron chi connectivity index (χ0n) is 9.94. The number of quaternary nitrogens is 1. The Kier molecular flexibility index (Phi) is 4.18. The van der Waals surface area contributed by atoms with Crippen LogP contribution in [-0.2, 0) is 6.54 Å². The first kappa shape index (κ1) is 12.2. The van der Waals surface area contributed by atoms with E-state index in [1.54, 1.807) is 0 Å². The summed E-state index contributed by atoms with van der Waals surface area (Å²) in [6.07, 6.45) is 0. The molecule has 1 atom stereocenters. The van der Waals surface area contributed by atoms with Gasteiger partial charge in [0.2, 0.25) is 0 Å². The summed E-state index contributed by atoms with van der Waals surface area (Å²) in [7, 11) is 0. The van der Waals surface area contributed by atoms with E-state index in [9.17, 15) is 0 Å². The summed E-state index contributed by atoms with van der Waals surface area (Å²) in [4.78, 5) is 0. The molecule has 0 radical (unpaired) electrons. The van der Waals surface area contributed by atoms with Gasteiger partial charge in [-0.1, -0.05) is 54.1 Å². The summed E-state index contributed by atoms with van der Waals surface area (Å²) >= 11 is 5.86. The molecule has 0 bridgehead atoms. The molecule has 0 aliphatic carbocycles. The quantitative estimate of drug-likeness (QED) is 0.854. The molecule has 17 heavy (non-hydrogen) atoms. The summed E-state index contributed by atoms with van der Waals surface area (Å²) in [5.74, 6) is 0. The van der Waals surface area contributed by atoms with Gasteiger partial charge < -0.3 is 5.32 Å². The Bertz CT molecular complexity index is 450. The van der Waals surface area contributed by atoms with Gasteiger partial charge >= 0.3 is 0 Å². The lowest BCUT2D eigenvalue weighted by Crippen LogP contribution is -2.83. The van der Waals surface area contributed by atoms with Crippen molar-refractivity contribution < 1.29 is 5.32 Å². The van der Waals surface area contributed by atoms with E-state index in [2.05, 4.69) is 54.7 Å². The maximum absolute atomic E-state index is 5.86. The molecule has 0 aliphatic rings. The number of nitrogens with two attached hydrogens (primary N) is 1. The highest BCUT2D eigenvalue weighted by molar-refractivity contribution is 6.30. The van der Waals surface area contributed by atoms with Gasteiger partial charge in [-0.05, 0) is 19.1 Å². The average molecular weight is 247 g/mol. The third-order valence-electron chi connectivity index (χ3n) is 2.95. The van der Waals surface area contributed by atoms with Gasteiger partial charge in [0.1, 0.15) is 12.6 Å². The lowest BCUT2D eigenvalue weighted by molar-refractivity contribution is -0.707. The molecule has 2 N–H and O–H groups in total. The van der Waals surface area contributed by atoms with Crippen LogP contribution in [-0.4, -0.2) is 0 Å². The first-order chi connectivity index (χ1) is 8.25. The molecule has 0 fully saturated rings. The maximum atomic E-state index is 5.86. The van der Waals surface area contributed by atoms with Crippen molar-refractivity contribution in [2.75, 3.05) is 0 Å². The third kappa shape index (κ3) is 3.58. The predicted octanol–water partition coefficient (Wildman–Crippen LogP) is 3.16. The van der Waals surface area contributed by atoms with Gasteiger partial charge in [-0.3, -0.25) is 0 Å². The van der Waals surface area contributed by atoms with Crippen molar-refractivity contribution in [3.63, 3.8) is 0 Å². The van der Waals surface area contributed by atoms with Crippen LogP contribution >= 0.6 is 11.6 Å². The smallest absolute Gasteiger partial charge is 0.109 e. The number of hydrogen-bond acceptors (Lipinski definition) is 0. The van der Waals surface area contributed by atoms with E-state index in [1.807, 2.05) is 12.1 Å². The van der Waals surface area contributed by atoms with Gasteiger partial charge in [0.15, 0.2) is 0 Å². The molecule has 0 saturated heterocycles. The Balaban J connectivity index is 1.92. The monoisotopic (exact) mass is 246 g/mol. The van der Waals surface area contributed by atoms with Crippen molar-refractivity contribution in [1.29, 1.82) is 0 Å². The van der Waals surface area contributed by atoms with Gasteiger partial charge in [0.25, 0.3) is 0 Å². The molecule has 0 aliphatic heterocycles. The van der Waals surface area contributed by atoms with Crippen molar-refractivity contribution in [3.05, 3.63) is 70.7 Å². The van der Waals surface area contributed by atoms with Crippen molar-refractivity contribution in [2.45, 2.75) is 19.5 Å². The topological polar surface area (TPSA) is 16.6 Å². The lowest BCUT2D eigenvalue weighted by atomic mass is 10.1. The van der Waals surface area contributed by atoms with Crippen LogP contribution in [0.15, 0.2) is 54.6 Å². The number of rotatable bonds is 4. The molecular weight excluding hydrogens is 230 g/mol. The Morgan fingerprint density at radius 2 is 1.65 bits per heavy atom. The molecule has 1 nitrogen and oxygen atoms in total. The van der Waals surface area contributed by atoms with E-state index in [1.165, 1.54) is 11.1 Å². The van der Waals surface area contributed by atoms with Crippen LogP contribution in [0.1, 0.15) is 24.1 Å². The highest BCUT2D eigenvalue weighted by Crippen LogP contribution is 2.10. The van der Waals surface area contributed by atoms with Crippen LogP contribution in [0.4, 0.5) is 0 Å². The number of halogens is 1. The molecule has 0 unspecified atom stereocenters. The van der Waals surface area contributed by atoms with E-state index in [-0.39, 0.29) is 0 Å². The van der Waals surface area contributed by atoms with Gasteiger partial charge in [0, 0.05) is 16.1 Å². The average Bonchev–Trinajstić information content (AvgIpc) is 2.39. The molecule has 2 aromatic carbocycles. The van der Waals surface area contributed by atoms with Crippen molar-refractivity contribution in [2.24, 2.45) is 0 Å². The SMILES string of the molecule is C[C@H]([NH2+]Cc1ccc(Cl)cc1)c1ccccc1. The number of benzene rings is 2. The van der Waals surface area contributed by atoms with E-state index < -0.39 is 0 Å². The molecule has 0 aromatic heterocycles. The predicted molar refractivity (Wildman–Crippen MR) is 71.9 cm³/mol. The van der Waals surface area contributed by atoms with Crippen LogP contribution in [0.5, 0.6) is 0 Å². The molecule has 88 valence electrons. The van der Waals surface area contributed by atoms with Gasteiger partial charge in [-0.25, -0.2) is 0 Å². The summed E-state index contributed by atoms with van der Waals surface area (Å²) in [6.45, 7) is 3.21. The zero-order valence-corrected chi connectivity index (χ0v) is 10.7. The molecule has 0 amide bonds. The fourth-order valence-electron chi connectivity index (χ4n) is 1.83. The fraction of sp³-hybridized carbons (Fsp3) is 0.200. The van der Waals surface area contributed by atoms with E-state index in [4.69, 9.17) is 11.6 Å². The lowest BCUT2D eigenvalue weighted by Gasteiger charge is -2.10. The standard InChI is InChI=1S/C15H16ClN/c1-12(14-5-3-2-4-6-14)17-11-13-7-9-15(16)10-8-13/h2-10,12,17H,11H2,1H3/p+1/t12-/m0/s1. The molecule has 2 aromatic rings. The normalized spacial score (nSPS) is 12.4. The summed E-state index contributed by atoms with van der Waals surface area (Å²) in [6, 6.07) is 19.1. The molecule has 0 saturated carbocycles. The Morgan fingerprint density at radius 1 is 1.00 bits per heavy atom. The highest BCUT2D eigenvalue weighted by atomic mass is 35.5. The van der Waals surface area contributed by atoms with E-state index in [0.717, 1.165) is 11.6 Å². The van der Waals surface area contributed by atoms with Crippen LogP contribution in [0, 0.1) is 0 Å². The molecule has 0 spiro atoms. The van der Waals surface area contributed by atoms with Gasteiger partial charge in [0.05, 0.1) is 0 Å². The second kappa shape index (κ2) is 5.85. The summed E-state index contributed by atoms with van der Waals surface area (Å²) < 4.78 is 0. The fourth-order valence-corrected chi connectivity index (χ4v) is 1.95. The first-order valence-electron chi connectivity index (χ1n) is 5.88. The maximum Gasteiger partial charge on any atom is 0.109 e. The van der Waals surface area contributed by atoms with Crippen LogP contribution in [0.3, 0.4) is 0 Å². The number of hydrogen-bond donors (Lipinski definition) is 1. The third-order valence-corrected chi connectivity index (χ3v) is 3.20. The Hall–Kier alpha value is -1.31. The zero-order chi connectivity index (χ0) is 12.1. The van der Waals surface area contributed by atoms with Crippen LogP contribution in [0.25, 0.3) is 0 Å². The minimum Gasteiger partial charge on any atom is -0.337 e. The van der Waals surface area contributed by atoms with Crippen LogP contribution in [0.2, 0.25) is 5.02 Å². The Morgan fingerprint density at radius 3 is 2.29 bits per heavy atom. The van der Waals surface area contributed by atoms with Gasteiger partial charge in [-0.15, -0.1) is 0 Å². The minimum absolute atomic E-state index is 0.479. The Labute approximate surface area is 107 Å². The first-order valence-corrected chi connectivity index (χ1v) is 6.26. The van der Waals surface area contributed by atoms with E-state index >= 15 is 0 Å². The largest absolute Gasteiger partial charge is 0.337 e. The van der Waals surface area contributed by atoms with E-state index in [0.29, 0.717) is 6.04 Å². The molecule has 2 heteroatoms. The van der Waals surface area contributed by atoms with Crippen molar-refractivity contribution in [3.8, 4) is 0 Å². The van der Waals surface area contributed by atoms with Gasteiger partial charge in [-0.2, -0.15) is 0 Å². The molecule has 2 rings (SSSR count). The molecule has 0 heterocycles. The minimum atomic E-state index is 0.479. The summed E-state index contributed by atoms with van der Waals surface area (Å²) in [5, 5.41) is 3.13. The van der Waals surface area contributed by atoms with Crippen LogP contribution < -0.4 is 5.32 Å². The molecular formula is C15H17ClN+. The van der Waals surface area contributed by atoms with Crippen molar-refractivity contribution in [1.82, 2.24) is 0 Å².